The van der Waals surface area contributed by atoms with Gasteiger partial charge in [-0.05, 0) is 28.8 Å². The zero-order chi connectivity index (χ0) is 18.5. The lowest BCUT2D eigenvalue weighted by Gasteiger charge is -2.33. The Morgan fingerprint density at radius 3 is 2.88 bits per heavy atom. The average molecular weight is 379 g/mol. The molecule has 2 aromatic carbocycles. The van der Waals surface area contributed by atoms with E-state index in [2.05, 4.69) is 5.32 Å². The maximum absolute atomic E-state index is 13.3. The number of halogens is 2. The number of nitrogens with zero attached hydrogens (tertiary/aromatic N) is 1. The molecule has 1 aliphatic heterocycles. The number of rotatable bonds is 4. The molecular formula is C19H20ClFN2O3. The quantitative estimate of drug-likeness (QED) is 0.858. The van der Waals surface area contributed by atoms with Gasteiger partial charge in [-0.3, -0.25) is 0 Å². The van der Waals surface area contributed by atoms with Crippen LogP contribution < -0.4 is 5.32 Å². The second-order valence-corrected chi connectivity index (χ2v) is 6.52. The Balaban J connectivity index is 1.59. The van der Waals surface area contributed by atoms with Gasteiger partial charge in [0.25, 0.3) is 0 Å². The van der Waals surface area contributed by atoms with E-state index in [1.165, 1.54) is 12.1 Å². The van der Waals surface area contributed by atoms with E-state index in [0.717, 1.165) is 16.7 Å². The molecule has 0 radical (unpaired) electrons. The van der Waals surface area contributed by atoms with Crippen molar-refractivity contribution in [3.8, 4) is 0 Å². The molecule has 0 bridgehead atoms. The molecule has 2 aromatic rings. The van der Waals surface area contributed by atoms with Crippen molar-refractivity contribution in [1.82, 2.24) is 10.2 Å². The van der Waals surface area contributed by atoms with Crippen LogP contribution in [0, 0.1) is 5.82 Å². The van der Waals surface area contributed by atoms with Crippen molar-refractivity contribution in [2.24, 2.45) is 0 Å². The second kappa shape index (κ2) is 8.49. The van der Waals surface area contributed by atoms with Gasteiger partial charge in [-0.25, -0.2) is 9.18 Å². The van der Waals surface area contributed by atoms with E-state index in [0.29, 0.717) is 26.2 Å². The lowest BCUT2D eigenvalue weighted by atomic mass is 10.1. The third-order valence-electron chi connectivity index (χ3n) is 4.29. The van der Waals surface area contributed by atoms with Crippen LogP contribution in [0.3, 0.4) is 0 Å². The van der Waals surface area contributed by atoms with Gasteiger partial charge in [0.15, 0.2) is 0 Å². The molecule has 5 nitrogen and oxygen atoms in total. The molecule has 138 valence electrons. The Kier molecular flexibility index (Phi) is 6.08. The van der Waals surface area contributed by atoms with Crippen molar-refractivity contribution in [2.75, 3.05) is 19.7 Å². The standard InChI is InChI=1S/C19H20ClFN2O3/c20-16-9-15(4-5-17(16)21)18-11-23(6-7-26-18)19(25)22-10-13-2-1-3-14(8-13)12-24/h1-5,8-9,18,24H,6-7,10-12H2,(H,22,25)/t18-/m1/s1. The van der Waals surface area contributed by atoms with Crippen molar-refractivity contribution < 1.29 is 19.0 Å². The first kappa shape index (κ1) is 18.6. The maximum Gasteiger partial charge on any atom is 0.317 e. The van der Waals surface area contributed by atoms with Crippen molar-refractivity contribution >= 4 is 17.6 Å². The van der Waals surface area contributed by atoms with Crippen LogP contribution >= 0.6 is 11.6 Å². The monoisotopic (exact) mass is 378 g/mol. The average Bonchev–Trinajstić information content (AvgIpc) is 2.68. The van der Waals surface area contributed by atoms with Crippen LogP contribution in [-0.4, -0.2) is 35.7 Å². The summed E-state index contributed by atoms with van der Waals surface area (Å²) in [5, 5.41) is 12.1. The molecule has 0 aliphatic carbocycles. The highest BCUT2D eigenvalue weighted by atomic mass is 35.5. The molecule has 2 amide bonds. The number of hydrogen-bond donors (Lipinski definition) is 2. The minimum Gasteiger partial charge on any atom is -0.392 e. The molecule has 0 saturated carbocycles. The Morgan fingerprint density at radius 2 is 2.12 bits per heavy atom. The number of amides is 2. The van der Waals surface area contributed by atoms with Crippen LogP contribution in [0.15, 0.2) is 42.5 Å². The normalized spacial score (nSPS) is 17.2. The van der Waals surface area contributed by atoms with Crippen molar-refractivity contribution in [2.45, 2.75) is 19.3 Å². The second-order valence-electron chi connectivity index (χ2n) is 6.12. The van der Waals surface area contributed by atoms with Crippen molar-refractivity contribution in [1.29, 1.82) is 0 Å². The fourth-order valence-corrected chi connectivity index (χ4v) is 3.06. The number of aliphatic hydroxyl groups is 1. The first-order chi connectivity index (χ1) is 12.6. The van der Waals surface area contributed by atoms with E-state index in [9.17, 15) is 14.3 Å². The van der Waals surface area contributed by atoms with E-state index in [-0.39, 0.29) is 23.8 Å². The van der Waals surface area contributed by atoms with Crippen LogP contribution in [0.25, 0.3) is 0 Å². The van der Waals surface area contributed by atoms with Crippen LogP contribution in [-0.2, 0) is 17.9 Å². The SMILES string of the molecule is O=C(NCc1cccc(CO)c1)N1CCO[C@@H](c2ccc(F)c(Cl)c2)C1. The Labute approximate surface area is 156 Å². The summed E-state index contributed by atoms with van der Waals surface area (Å²) in [6.45, 7) is 1.58. The molecule has 0 unspecified atom stereocenters. The summed E-state index contributed by atoms with van der Waals surface area (Å²) in [7, 11) is 0. The highest BCUT2D eigenvalue weighted by molar-refractivity contribution is 6.30. The number of hydrogen-bond acceptors (Lipinski definition) is 3. The van der Waals surface area contributed by atoms with E-state index < -0.39 is 5.82 Å². The number of urea groups is 1. The fraction of sp³-hybridized carbons (Fsp3) is 0.316. The minimum atomic E-state index is -0.481. The molecule has 1 aliphatic rings. The first-order valence-corrected chi connectivity index (χ1v) is 8.72. The lowest BCUT2D eigenvalue weighted by molar-refractivity contribution is -0.0155. The fourth-order valence-electron chi connectivity index (χ4n) is 2.88. The lowest BCUT2D eigenvalue weighted by Crippen LogP contribution is -2.46. The van der Waals surface area contributed by atoms with Gasteiger partial charge in [-0.1, -0.05) is 41.9 Å². The highest BCUT2D eigenvalue weighted by Crippen LogP contribution is 2.26. The van der Waals surface area contributed by atoms with Gasteiger partial charge in [0, 0.05) is 13.1 Å². The predicted molar refractivity (Wildman–Crippen MR) is 96.3 cm³/mol. The zero-order valence-corrected chi connectivity index (χ0v) is 14.9. The number of carbonyl (C=O) groups is 1. The summed E-state index contributed by atoms with van der Waals surface area (Å²) >= 11 is 5.83. The third-order valence-corrected chi connectivity index (χ3v) is 4.58. The highest BCUT2D eigenvalue weighted by Gasteiger charge is 2.25. The molecule has 1 fully saturated rings. The summed E-state index contributed by atoms with van der Waals surface area (Å²) < 4.78 is 19.0. The van der Waals surface area contributed by atoms with Gasteiger partial charge in [-0.2, -0.15) is 0 Å². The summed E-state index contributed by atoms with van der Waals surface area (Å²) in [5.74, 6) is -0.481. The summed E-state index contributed by atoms with van der Waals surface area (Å²) in [6, 6.07) is 11.7. The Morgan fingerprint density at radius 1 is 1.31 bits per heavy atom. The van der Waals surface area contributed by atoms with E-state index in [1.54, 1.807) is 11.0 Å². The van der Waals surface area contributed by atoms with Crippen LogP contribution in [0.4, 0.5) is 9.18 Å². The molecule has 1 saturated heterocycles. The molecule has 1 heterocycles. The third kappa shape index (κ3) is 4.52. The zero-order valence-electron chi connectivity index (χ0n) is 14.1. The molecule has 7 heteroatoms. The molecule has 26 heavy (non-hydrogen) atoms. The predicted octanol–water partition coefficient (Wildman–Crippen LogP) is 3.25. The molecular weight excluding hydrogens is 359 g/mol. The molecule has 1 atom stereocenters. The number of aliphatic hydroxyl groups excluding tert-OH is 1. The summed E-state index contributed by atoms with van der Waals surface area (Å²) in [4.78, 5) is 14.1. The minimum absolute atomic E-state index is 0.0346. The number of morpholine rings is 1. The number of benzene rings is 2. The van der Waals surface area contributed by atoms with Gasteiger partial charge in [-0.15, -0.1) is 0 Å². The van der Waals surface area contributed by atoms with Gasteiger partial charge < -0.3 is 20.1 Å². The van der Waals surface area contributed by atoms with E-state index >= 15 is 0 Å². The van der Waals surface area contributed by atoms with E-state index in [1.807, 2.05) is 24.3 Å². The van der Waals surface area contributed by atoms with Crippen LogP contribution in [0.1, 0.15) is 22.8 Å². The molecule has 3 rings (SSSR count). The van der Waals surface area contributed by atoms with Gasteiger partial charge in [0.2, 0.25) is 0 Å². The Bertz CT molecular complexity index is 787. The van der Waals surface area contributed by atoms with Crippen LogP contribution in [0.2, 0.25) is 5.02 Å². The number of nitrogens with one attached hydrogen (secondary N) is 1. The van der Waals surface area contributed by atoms with Crippen LogP contribution in [0.5, 0.6) is 0 Å². The number of ether oxygens (including phenoxy) is 1. The van der Waals surface area contributed by atoms with Gasteiger partial charge >= 0.3 is 6.03 Å². The first-order valence-electron chi connectivity index (χ1n) is 8.35. The molecule has 0 aromatic heterocycles. The maximum atomic E-state index is 13.3. The largest absolute Gasteiger partial charge is 0.392 e. The summed E-state index contributed by atoms with van der Waals surface area (Å²) in [5.41, 5.74) is 2.46. The van der Waals surface area contributed by atoms with E-state index in [4.69, 9.17) is 16.3 Å². The van der Waals surface area contributed by atoms with Gasteiger partial charge in [0.1, 0.15) is 11.9 Å². The Hall–Kier alpha value is -2.15. The smallest absolute Gasteiger partial charge is 0.317 e. The van der Waals surface area contributed by atoms with Gasteiger partial charge in [0.05, 0.1) is 24.8 Å². The van der Waals surface area contributed by atoms with Crippen molar-refractivity contribution in [3.05, 3.63) is 70.0 Å². The summed E-state index contributed by atoms with van der Waals surface area (Å²) in [6.07, 6.45) is -0.342. The molecule has 0 spiro atoms. The topological polar surface area (TPSA) is 61.8 Å². The number of carbonyl (C=O) groups excluding carboxylic acids is 1. The molecule has 2 N–H and O–H groups in total. The van der Waals surface area contributed by atoms with Crippen molar-refractivity contribution in [3.63, 3.8) is 0 Å².